The highest BCUT2D eigenvalue weighted by molar-refractivity contribution is 5.78. The van der Waals surface area contributed by atoms with Crippen LogP contribution in [0.4, 0.5) is 0 Å². The highest BCUT2D eigenvalue weighted by Crippen LogP contribution is 2.09. The summed E-state index contributed by atoms with van der Waals surface area (Å²) in [7, 11) is 1.87. The fourth-order valence-electron chi connectivity index (χ4n) is 2.64. The number of nitrogens with zero attached hydrogens (tertiary/aromatic N) is 2. The monoisotopic (exact) mass is 297 g/mol. The van der Waals surface area contributed by atoms with E-state index in [9.17, 15) is 4.79 Å². The molecular weight excluding hydrogens is 272 g/mol. The van der Waals surface area contributed by atoms with E-state index in [0.717, 1.165) is 17.7 Å². The fraction of sp³-hybridized carbons (Fsp3) is 0.368. The Kier molecular flexibility index (Phi) is 5.31. The lowest BCUT2D eigenvalue weighted by molar-refractivity contribution is -0.712. The molecule has 2 rings (SSSR count). The van der Waals surface area contributed by atoms with E-state index in [1.807, 2.05) is 51.2 Å². The van der Waals surface area contributed by atoms with Crippen molar-refractivity contribution >= 4 is 5.91 Å². The third-order valence-electron chi connectivity index (χ3n) is 4.07. The van der Waals surface area contributed by atoms with Crippen LogP contribution in [-0.2, 0) is 17.8 Å². The summed E-state index contributed by atoms with van der Waals surface area (Å²) in [6.45, 7) is 6.77. The number of aryl methyl sites for hydroxylation is 2. The van der Waals surface area contributed by atoms with Gasteiger partial charge in [0, 0.05) is 39.1 Å². The molecule has 0 aliphatic carbocycles. The van der Waals surface area contributed by atoms with Crippen LogP contribution >= 0.6 is 0 Å². The van der Waals surface area contributed by atoms with Crippen molar-refractivity contribution in [1.82, 2.24) is 4.90 Å². The number of pyridine rings is 1. The van der Waals surface area contributed by atoms with Crippen molar-refractivity contribution in [3.05, 3.63) is 65.5 Å². The summed E-state index contributed by atoms with van der Waals surface area (Å²) in [6, 6.07) is 14.1. The third-order valence-corrected chi connectivity index (χ3v) is 4.07. The minimum absolute atomic E-state index is 0.130. The van der Waals surface area contributed by atoms with E-state index in [4.69, 9.17) is 0 Å². The minimum Gasteiger partial charge on any atom is -0.336 e. The van der Waals surface area contributed by atoms with Gasteiger partial charge in [0.2, 0.25) is 6.04 Å². The smallest absolute Gasteiger partial charge is 0.291 e. The van der Waals surface area contributed by atoms with Gasteiger partial charge in [-0.05, 0) is 18.1 Å². The zero-order chi connectivity index (χ0) is 16.1. The van der Waals surface area contributed by atoms with Crippen LogP contribution in [0.2, 0.25) is 0 Å². The molecule has 0 spiro atoms. The van der Waals surface area contributed by atoms with Crippen LogP contribution in [0.25, 0.3) is 0 Å². The van der Waals surface area contributed by atoms with Crippen LogP contribution in [0.5, 0.6) is 0 Å². The second kappa shape index (κ2) is 7.21. The van der Waals surface area contributed by atoms with Crippen molar-refractivity contribution in [3.63, 3.8) is 0 Å². The largest absolute Gasteiger partial charge is 0.336 e. The Morgan fingerprint density at radius 2 is 1.82 bits per heavy atom. The average molecular weight is 297 g/mol. The van der Waals surface area contributed by atoms with Crippen LogP contribution in [0, 0.1) is 6.92 Å². The molecule has 0 aliphatic rings. The topological polar surface area (TPSA) is 24.2 Å². The number of rotatable bonds is 5. The van der Waals surface area contributed by atoms with E-state index < -0.39 is 0 Å². The second-order valence-corrected chi connectivity index (χ2v) is 5.80. The van der Waals surface area contributed by atoms with Gasteiger partial charge in [-0.2, -0.15) is 4.57 Å². The van der Waals surface area contributed by atoms with Crippen LogP contribution in [0.1, 0.15) is 36.7 Å². The van der Waals surface area contributed by atoms with Gasteiger partial charge in [-0.3, -0.25) is 4.79 Å². The molecule has 0 unspecified atom stereocenters. The fourth-order valence-corrected chi connectivity index (χ4v) is 2.64. The Bertz CT molecular complexity index is 637. The van der Waals surface area contributed by atoms with E-state index in [2.05, 4.69) is 29.8 Å². The quantitative estimate of drug-likeness (QED) is 0.778. The molecule has 116 valence electrons. The van der Waals surface area contributed by atoms with Gasteiger partial charge in [-0.15, -0.1) is 0 Å². The molecule has 2 aromatic rings. The summed E-state index contributed by atoms with van der Waals surface area (Å²) >= 11 is 0. The SMILES string of the molecule is CCc1ccc(C)[n+]([C@@H](C)C(=O)N(C)Cc2ccccc2)c1. The predicted molar refractivity (Wildman–Crippen MR) is 88.4 cm³/mol. The van der Waals surface area contributed by atoms with Crippen molar-refractivity contribution in [2.75, 3.05) is 7.05 Å². The van der Waals surface area contributed by atoms with E-state index in [1.54, 1.807) is 4.90 Å². The summed E-state index contributed by atoms with van der Waals surface area (Å²) in [5.74, 6) is 0.130. The standard InChI is InChI=1S/C19H25N2O/c1-5-17-12-11-15(2)21(14-17)16(3)19(22)20(4)13-18-9-7-6-8-10-18/h6-12,14,16H,5,13H2,1-4H3/q+1/t16-/m0/s1. The van der Waals surface area contributed by atoms with Gasteiger partial charge in [0.15, 0.2) is 11.9 Å². The first-order chi connectivity index (χ1) is 10.5. The lowest BCUT2D eigenvalue weighted by Crippen LogP contribution is -2.49. The zero-order valence-corrected chi connectivity index (χ0v) is 13.9. The van der Waals surface area contributed by atoms with E-state index in [1.165, 1.54) is 5.56 Å². The number of carbonyl (C=O) groups excluding carboxylic acids is 1. The van der Waals surface area contributed by atoms with Gasteiger partial charge in [0.05, 0.1) is 0 Å². The lowest BCUT2D eigenvalue weighted by atomic mass is 10.1. The maximum Gasteiger partial charge on any atom is 0.291 e. The van der Waals surface area contributed by atoms with Gasteiger partial charge in [-0.1, -0.05) is 37.3 Å². The van der Waals surface area contributed by atoms with Gasteiger partial charge in [-0.25, -0.2) is 0 Å². The van der Waals surface area contributed by atoms with Crippen LogP contribution < -0.4 is 4.57 Å². The molecule has 0 saturated carbocycles. The Hall–Kier alpha value is -2.16. The summed E-state index contributed by atoms with van der Waals surface area (Å²) in [4.78, 5) is 14.5. The molecule has 3 nitrogen and oxygen atoms in total. The molecule has 0 fully saturated rings. The third kappa shape index (κ3) is 3.73. The molecule has 3 heteroatoms. The minimum atomic E-state index is -0.194. The summed E-state index contributed by atoms with van der Waals surface area (Å²) in [6.07, 6.45) is 3.06. The van der Waals surface area contributed by atoms with Crippen LogP contribution in [0.15, 0.2) is 48.7 Å². The molecular formula is C19H25N2O+. The molecule has 0 bridgehead atoms. The number of benzene rings is 1. The van der Waals surface area contributed by atoms with Crippen molar-refractivity contribution in [2.24, 2.45) is 0 Å². The summed E-state index contributed by atoms with van der Waals surface area (Å²) in [5.41, 5.74) is 3.50. The first-order valence-corrected chi connectivity index (χ1v) is 7.82. The highest BCUT2D eigenvalue weighted by atomic mass is 16.2. The number of hydrogen-bond acceptors (Lipinski definition) is 1. The summed E-state index contributed by atoms with van der Waals surface area (Å²) in [5, 5.41) is 0. The van der Waals surface area contributed by atoms with Crippen LogP contribution in [0.3, 0.4) is 0 Å². The van der Waals surface area contributed by atoms with E-state index >= 15 is 0 Å². The first-order valence-electron chi connectivity index (χ1n) is 7.82. The maximum atomic E-state index is 12.7. The molecule has 0 saturated heterocycles. The zero-order valence-electron chi connectivity index (χ0n) is 13.9. The molecule has 1 heterocycles. The molecule has 22 heavy (non-hydrogen) atoms. The van der Waals surface area contributed by atoms with Crippen molar-refractivity contribution in [1.29, 1.82) is 0 Å². The normalized spacial score (nSPS) is 12.0. The molecule has 1 aromatic heterocycles. The van der Waals surface area contributed by atoms with Crippen molar-refractivity contribution < 1.29 is 9.36 Å². The Labute approximate surface area is 133 Å². The number of likely N-dealkylation sites (N-methyl/N-ethyl adjacent to an activating group) is 1. The molecule has 0 aliphatic heterocycles. The molecule has 1 atom stereocenters. The Balaban J connectivity index is 2.14. The molecule has 1 aromatic carbocycles. The predicted octanol–water partition coefficient (Wildman–Crippen LogP) is 3.06. The first kappa shape index (κ1) is 16.2. The number of hydrogen-bond donors (Lipinski definition) is 0. The Morgan fingerprint density at radius 1 is 1.14 bits per heavy atom. The number of carbonyl (C=O) groups is 1. The lowest BCUT2D eigenvalue weighted by Gasteiger charge is -2.19. The maximum absolute atomic E-state index is 12.7. The van der Waals surface area contributed by atoms with Gasteiger partial charge >= 0.3 is 0 Å². The molecule has 0 radical (unpaired) electrons. The van der Waals surface area contributed by atoms with Gasteiger partial charge in [0.1, 0.15) is 0 Å². The number of aromatic nitrogens is 1. The summed E-state index contributed by atoms with van der Waals surface area (Å²) < 4.78 is 2.07. The number of amides is 1. The average Bonchev–Trinajstić information content (AvgIpc) is 2.55. The highest BCUT2D eigenvalue weighted by Gasteiger charge is 2.27. The van der Waals surface area contributed by atoms with Gasteiger partial charge < -0.3 is 4.90 Å². The van der Waals surface area contributed by atoms with Crippen LogP contribution in [-0.4, -0.2) is 17.9 Å². The van der Waals surface area contributed by atoms with Crippen molar-refractivity contribution in [3.8, 4) is 0 Å². The molecule has 1 amide bonds. The van der Waals surface area contributed by atoms with Gasteiger partial charge in [0.25, 0.3) is 5.91 Å². The van der Waals surface area contributed by atoms with Crippen molar-refractivity contribution in [2.45, 2.75) is 39.8 Å². The Morgan fingerprint density at radius 3 is 2.45 bits per heavy atom. The van der Waals surface area contributed by atoms with E-state index in [0.29, 0.717) is 6.54 Å². The molecule has 0 N–H and O–H groups in total. The van der Waals surface area contributed by atoms with E-state index in [-0.39, 0.29) is 11.9 Å². The second-order valence-electron chi connectivity index (χ2n) is 5.80.